The molecule has 5 heteroatoms. The number of amides is 1. The lowest BCUT2D eigenvalue weighted by Gasteiger charge is -2.09. The van der Waals surface area contributed by atoms with Crippen molar-refractivity contribution in [3.63, 3.8) is 0 Å². The Bertz CT molecular complexity index is 722. The van der Waals surface area contributed by atoms with E-state index in [-0.39, 0.29) is 11.5 Å². The number of benzene rings is 2. The molecule has 0 saturated carbocycles. The van der Waals surface area contributed by atoms with Crippen molar-refractivity contribution >= 4 is 11.6 Å². The maximum atomic E-state index is 13.8. The highest BCUT2D eigenvalue weighted by atomic mass is 19.1. The van der Waals surface area contributed by atoms with Crippen molar-refractivity contribution in [3.05, 3.63) is 65.0 Å². The maximum absolute atomic E-state index is 13.8. The van der Waals surface area contributed by atoms with E-state index >= 15 is 0 Å². The zero-order valence-electron chi connectivity index (χ0n) is 12.2. The molecular weight excluding hydrogens is 281 g/mol. The van der Waals surface area contributed by atoms with Gasteiger partial charge in [0.1, 0.15) is 5.82 Å². The Morgan fingerprint density at radius 2 is 2.09 bits per heavy atom. The molecule has 0 heterocycles. The number of nitrogens with zero attached hydrogens (tertiary/aromatic N) is 1. The van der Waals surface area contributed by atoms with Gasteiger partial charge in [0.25, 0.3) is 5.91 Å². The minimum Gasteiger partial charge on any atom is -0.379 e. The summed E-state index contributed by atoms with van der Waals surface area (Å²) in [6.07, 6.45) is 0. The topological polar surface area (TPSA) is 64.9 Å². The molecule has 0 aromatic heterocycles. The Morgan fingerprint density at radius 3 is 2.77 bits per heavy atom. The SMILES string of the molecule is CCNC(=O)c1cccc(CNc2ccc(C#N)cc2F)c1. The summed E-state index contributed by atoms with van der Waals surface area (Å²) in [4.78, 5) is 11.8. The third-order valence-electron chi connectivity index (χ3n) is 3.11. The van der Waals surface area contributed by atoms with Crippen LogP contribution >= 0.6 is 0 Å². The first-order valence-electron chi connectivity index (χ1n) is 6.94. The van der Waals surface area contributed by atoms with E-state index in [1.165, 1.54) is 12.1 Å². The summed E-state index contributed by atoms with van der Waals surface area (Å²) in [7, 11) is 0. The molecule has 4 nitrogen and oxygen atoms in total. The van der Waals surface area contributed by atoms with E-state index in [0.29, 0.717) is 24.3 Å². The van der Waals surface area contributed by atoms with E-state index < -0.39 is 5.82 Å². The number of rotatable bonds is 5. The summed E-state index contributed by atoms with van der Waals surface area (Å²) in [6, 6.07) is 13.3. The molecule has 0 saturated heterocycles. The van der Waals surface area contributed by atoms with Crippen molar-refractivity contribution in [3.8, 4) is 6.07 Å². The van der Waals surface area contributed by atoms with Gasteiger partial charge in [0, 0.05) is 18.7 Å². The predicted molar refractivity (Wildman–Crippen MR) is 82.9 cm³/mol. The van der Waals surface area contributed by atoms with Crippen molar-refractivity contribution < 1.29 is 9.18 Å². The van der Waals surface area contributed by atoms with Crippen molar-refractivity contribution in [2.75, 3.05) is 11.9 Å². The Hall–Kier alpha value is -2.87. The molecule has 0 unspecified atom stereocenters. The lowest BCUT2D eigenvalue weighted by atomic mass is 10.1. The van der Waals surface area contributed by atoms with Crippen LogP contribution in [0.2, 0.25) is 0 Å². The first-order chi connectivity index (χ1) is 10.6. The number of halogens is 1. The number of carbonyl (C=O) groups excluding carboxylic acids is 1. The van der Waals surface area contributed by atoms with Gasteiger partial charge in [-0.2, -0.15) is 5.26 Å². The van der Waals surface area contributed by atoms with Crippen molar-refractivity contribution in [1.82, 2.24) is 5.32 Å². The minimum absolute atomic E-state index is 0.131. The molecule has 2 rings (SSSR count). The van der Waals surface area contributed by atoms with Gasteiger partial charge in [-0.05, 0) is 42.8 Å². The van der Waals surface area contributed by atoms with Gasteiger partial charge >= 0.3 is 0 Å². The van der Waals surface area contributed by atoms with E-state index in [2.05, 4.69) is 10.6 Å². The molecule has 0 aliphatic rings. The van der Waals surface area contributed by atoms with Gasteiger partial charge < -0.3 is 10.6 Å². The van der Waals surface area contributed by atoms with E-state index in [1.54, 1.807) is 24.3 Å². The van der Waals surface area contributed by atoms with Crippen LogP contribution in [0, 0.1) is 17.1 Å². The van der Waals surface area contributed by atoms with E-state index in [9.17, 15) is 9.18 Å². The van der Waals surface area contributed by atoms with Crippen molar-refractivity contribution in [2.45, 2.75) is 13.5 Å². The second-order valence-corrected chi connectivity index (χ2v) is 4.72. The van der Waals surface area contributed by atoms with Crippen LogP contribution < -0.4 is 10.6 Å². The Kier molecular flexibility index (Phi) is 5.10. The van der Waals surface area contributed by atoms with Crippen molar-refractivity contribution in [2.24, 2.45) is 0 Å². The van der Waals surface area contributed by atoms with Crippen LogP contribution in [0.25, 0.3) is 0 Å². The summed E-state index contributed by atoms with van der Waals surface area (Å²) >= 11 is 0. The van der Waals surface area contributed by atoms with E-state index in [4.69, 9.17) is 5.26 Å². The zero-order valence-corrected chi connectivity index (χ0v) is 12.2. The van der Waals surface area contributed by atoms with Crippen LogP contribution in [0.4, 0.5) is 10.1 Å². The highest BCUT2D eigenvalue weighted by Crippen LogP contribution is 2.16. The van der Waals surface area contributed by atoms with Crippen LogP contribution in [0.15, 0.2) is 42.5 Å². The average molecular weight is 297 g/mol. The lowest BCUT2D eigenvalue weighted by molar-refractivity contribution is 0.0955. The largest absolute Gasteiger partial charge is 0.379 e. The fraction of sp³-hybridized carbons (Fsp3) is 0.176. The Balaban J connectivity index is 2.07. The molecule has 1 amide bonds. The standard InChI is InChI=1S/C17H16FN3O/c1-2-20-17(22)14-5-3-4-13(8-14)11-21-16-7-6-12(10-19)9-15(16)18/h3-9,21H,2,11H2,1H3,(H,20,22). The number of carbonyl (C=O) groups is 1. The second kappa shape index (κ2) is 7.23. The molecule has 0 spiro atoms. The number of anilines is 1. The highest BCUT2D eigenvalue weighted by Gasteiger charge is 2.06. The Labute approximate surface area is 128 Å². The van der Waals surface area contributed by atoms with Crippen LogP contribution in [-0.2, 0) is 6.54 Å². The summed E-state index contributed by atoms with van der Waals surface area (Å²) in [5.41, 5.74) is 2.04. The number of hydrogen-bond donors (Lipinski definition) is 2. The average Bonchev–Trinajstić information content (AvgIpc) is 2.54. The first kappa shape index (κ1) is 15.5. The molecule has 2 N–H and O–H groups in total. The van der Waals surface area contributed by atoms with Gasteiger partial charge in [-0.1, -0.05) is 12.1 Å². The summed E-state index contributed by atoms with van der Waals surface area (Å²) < 4.78 is 13.8. The van der Waals surface area contributed by atoms with Crippen LogP contribution in [0.1, 0.15) is 28.4 Å². The lowest BCUT2D eigenvalue weighted by Crippen LogP contribution is -2.22. The maximum Gasteiger partial charge on any atom is 0.251 e. The molecule has 2 aromatic carbocycles. The predicted octanol–water partition coefficient (Wildman–Crippen LogP) is 3.06. The third-order valence-corrected chi connectivity index (χ3v) is 3.11. The van der Waals surface area contributed by atoms with Crippen molar-refractivity contribution in [1.29, 1.82) is 5.26 Å². The fourth-order valence-electron chi connectivity index (χ4n) is 2.01. The molecule has 2 aromatic rings. The second-order valence-electron chi connectivity index (χ2n) is 4.72. The Morgan fingerprint density at radius 1 is 1.27 bits per heavy atom. The number of hydrogen-bond acceptors (Lipinski definition) is 3. The van der Waals surface area contributed by atoms with Crippen LogP contribution in [-0.4, -0.2) is 12.5 Å². The van der Waals surface area contributed by atoms with Gasteiger partial charge in [-0.3, -0.25) is 4.79 Å². The summed E-state index contributed by atoms with van der Waals surface area (Å²) in [5.74, 6) is -0.604. The molecular formula is C17H16FN3O. The van der Waals surface area contributed by atoms with Gasteiger partial charge in [-0.25, -0.2) is 4.39 Å². The molecule has 0 atom stereocenters. The third kappa shape index (κ3) is 3.83. The number of nitrogens with one attached hydrogen (secondary N) is 2. The van der Waals surface area contributed by atoms with Gasteiger partial charge in [0.2, 0.25) is 0 Å². The molecule has 0 bridgehead atoms. The smallest absolute Gasteiger partial charge is 0.251 e. The van der Waals surface area contributed by atoms with Crippen LogP contribution in [0.5, 0.6) is 0 Å². The molecule has 0 aliphatic carbocycles. The monoisotopic (exact) mass is 297 g/mol. The van der Waals surface area contributed by atoms with E-state index in [1.807, 2.05) is 19.1 Å². The van der Waals surface area contributed by atoms with Gasteiger partial charge in [0.05, 0.1) is 17.3 Å². The fourth-order valence-corrected chi connectivity index (χ4v) is 2.01. The van der Waals surface area contributed by atoms with Gasteiger partial charge in [-0.15, -0.1) is 0 Å². The normalized spacial score (nSPS) is 9.86. The molecule has 112 valence electrons. The zero-order chi connectivity index (χ0) is 15.9. The summed E-state index contributed by atoms with van der Waals surface area (Å²) in [5, 5.41) is 14.4. The first-order valence-corrected chi connectivity index (χ1v) is 6.94. The minimum atomic E-state index is -0.473. The highest BCUT2D eigenvalue weighted by molar-refractivity contribution is 5.94. The van der Waals surface area contributed by atoms with Crippen LogP contribution in [0.3, 0.4) is 0 Å². The molecule has 22 heavy (non-hydrogen) atoms. The molecule has 0 fully saturated rings. The van der Waals surface area contributed by atoms with E-state index in [0.717, 1.165) is 5.56 Å². The molecule has 0 radical (unpaired) electrons. The molecule has 0 aliphatic heterocycles. The summed E-state index contributed by atoms with van der Waals surface area (Å²) in [6.45, 7) is 2.81. The van der Waals surface area contributed by atoms with Gasteiger partial charge in [0.15, 0.2) is 0 Å². The quantitative estimate of drug-likeness (QED) is 0.891. The number of nitriles is 1.